The minimum absolute atomic E-state index is 0.629. The summed E-state index contributed by atoms with van der Waals surface area (Å²) < 4.78 is 4.76. The Morgan fingerprint density at radius 2 is 0.694 bits per heavy atom. The zero-order valence-corrected chi connectivity index (χ0v) is 33.6. The summed E-state index contributed by atoms with van der Waals surface area (Å²) in [5.41, 5.74) is 14.3. The average molecular weight is 792 g/mol. The second kappa shape index (κ2) is 14.7. The molecule has 12 rings (SSSR count). The molecule has 0 atom stereocenters. The van der Waals surface area contributed by atoms with E-state index in [4.69, 9.17) is 15.0 Å². The van der Waals surface area contributed by atoms with E-state index in [9.17, 15) is 0 Å². The lowest BCUT2D eigenvalue weighted by Gasteiger charge is -2.11. The van der Waals surface area contributed by atoms with Gasteiger partial charge in [0.2, 0.25) is 0 Å². The second-order valence-electron chi connectivity index (χ2n) is 15.6. The molecule has 5 nitrogen and oxygen atoms in total. The quantitative estimate of drug-likeness (QED) is 0.162. The van der Waals surface area contributed by atoms with Gasteiger partial charge in [0.25, 0.3) is 0 Å². The van der Waals surface area contributed by atoms with Gasteiger partial charge in [-0.3, -0.25) is 0 Å². The standard InChI is InChI=1S/C57H37N5/c1-5-17-38(18-6-1)55-58-56(39-19-7-2-8-20-39)60-57(59-55)43-22-15-21-42(35-43)46-28-16-30-53-54(46)49-37-41(32-34-52(49)62(53)45-25-11-4-12-26-45)40-31-33-51-48(36-40)47-27-13-14-29-50(47)61(51)44-23-9-3-10-24-44/h1-37H. The van der Waals surface area contributed by atoms with Crippen molar-refractivity contribution in [2.45, 2.75) is 0 Å². The van der Waals surface area contributed by atoms with Crippen LogP contribution in [0, 0.1) is 0 Å². The normalized spacial score (nSPS) is 11.5. The molecule has 0 aliphatic heterocycles. The Morgan fingerprint density at radius 3 is 1.32 bits per heavy atom. The van der Waals surface area contributed by atoms with E-state index in [2.05, 4.69) is 173 Å². The second-order valence-corrected chi connectivity index (χ2v) is 15.6. The van der Waals surface area contributed by atoms with E-state index in [-0.39, 0.29) is 0 Å². The van der Waals surface area contributed by atoms with Crippen molar-refractivity contribution in [1.29, 1.82) is 0 Å². The SMILES string of the molecule is c1ccc(-c2nc(-c3ccccc3)nc(-c3cccc(-c4cccc5c4c4cc(-c6ccc7c(c6)c6ccccc6n7-c6ccccc6)ccc4n5-c4ccccc4)c3)n2)cc1. The van der Waals surface area contributed by atoms with Crippen molar-refractivity contribution in [3.05, 3.63) is 224 Å². The first-order chi connectivity index (χ1) is 30.7. The topological polar surface area (TPSA) is 48.5 Å². The van der Waals surface area contributed by atoms with Crippen LogP contribution in [0.3, 0.4) is 0 Å². The number of fused-ring (bicyclic) bond motifs is 6. The van der Waals surface area contributed by atoms with Crippen LogP contribution in [0.25, 0.3) is 111 Å². The van der Waals surface area contributed by atoms with Crippen LogP contribution in [0.4, 0.5) is 0 Å². The highest BCUT2D eigenvalue weighted by Gasteiger charge is 2.20. The molecule has 0 aliphatic rings. The van der Waals surface area contributed by atoms with Crippen LogP contribution in [0.15, 0.2) is 224 Å². The molecule has 12 aromatic rings. The van der Waals surface area contributed by atoms with Crippen molar-refractivity contribution in [2.24, 2.45) is 0 Å². The molecule has 290 valence electrons. The fraction of sp³-hybridized carbons (Fsp3) is 0. The van der Waals surface area contributed by atoms with Crippen molar-refractivity contribution < 1.29 is 0 Å². The first-order valence-corrected chi connectivity index (χ1v) is 20.9. The maximum atomic E-state index is 5.07. The van der Waals surface area contributed by atoms with Gasteiger partial charge < -0.3 is 9.13 Å². The summed E-state index contributed by atoms with van der Waals surface area (Å²) in [4.78, 5) is 15.1. The summed E-state index contributed by atoms with van der Waals surface area (Å²) in [6.45, 7) is 0. The molecule has 3 aromatic heterocycles. The Balaban J connectivity index is 1.05. The van der Waals surface area contributed by atoms with Gasteiger partial charge in [0.15, 0.2) is 17.5 Å². The van der Waals surface area contributed by atoms with Gasteiger partial charge in [-0.1, -0.05) is 158 Å². The van der Waals surface area contributed by atoms with Crippen LogP contribution in [0.5, 0.6) is 0 Å². The number of para-hydroxylation sites is 3. The smallest absolute Gasteiger partial charge is 0.164 e. The first-order valence-electron chi connectivity index (χ1n) is 20.9. The minimum Gasteiger partial charge on any atom is -0.309 e. The Kier molecular flexibility index (Phi) is 8.42. The lowest BCUT2D eigenvalue weighted by Crippen LogP contribution is -2.00. The molecule has 0 bridgehead atoms. The van der Waals surface area contributed by atoms with Gasteiger partial charge in [0.1, 0.15) is 0 Å². The molecule has 0 fully saturated rings. The molecule has 0 spiro atoms. The average Bonchev–Trinajstić information content (AvgIpc) is 3.87. The van der Waals surface area contributed by atoms with Gasteiger partial charge in [0, 0.05) is 49.6 Å². The molecular weight excluding hydrogens is 755 g/mol. The number of benzene rings is 9. The Morgan fingerprint density at radius 1 is 0.258 bits per heavy atom. The summed E-state index contributed by atoms with van der Waals surface area (Å²) >= 11 is 0. The highest BCUT2D eigenvalue weighted by molar-refractivity contribution is 6.17. The molecule has 0 N–H and O–H groups in total. The van der Waals surface area contributed by atoms with E-state index in [1.807, 2.05) is 60.7 Å². The van der Waals surface area contributed by atoms with E-state index < -0.39 is 0 Å². The summed E-state index contributed by atoms with van der Waals surface area (Å²) in [5, 5.41) is 4.85. The largest absolute Gasteiger partial charge is 0.309 e. The van der Waals surface area contributed by atoms with Crippen molar-refractivity contribution >= 4 is 43.6 Å². The van der Waals surface area contributed by atoms with E-state index >= 15 is 0 Å². The number of rotatable bonds is 7. The zero-order valence-electron chi connectivity index (χ0n) is 33.6. The van der Waals surface area contributed by atoms with Crippen LogP contribution in [-0.4, -0.2) is 24.1 Å². The van der Waals surface area contributed by atoms with Crippen molar-refractivity contribution in [2.75, 3.05) is 0 Å². The molecule has 5 heteroatoms. The molecule has 0 saturated heterocycles. The maximum absolute atomic E-state index is 5.07. The highest BCUT2D eigenvalue weighted by Crippen LogP contribution is 2.42. The van der Waals surface area contributed by atoms with E-state index in [0.717, 1.165) is 50.2 Å². The monoisotopic (exact) mass is 791 g/mol. The van der Waals surface area contributed by atoms with Crippen LogP contribution in [0.2, 0.25) is 0 Å². The number of aromatic nitrogens is 5. The van der Waals surface area contributed by atoms with Gasteiger partial charge in [-0.2, -0.15) is 0 Å². The molecule has 0 amide bonds. The van der Waals surface area contributed by atoms with Crippen LogP contribution in [-0.2, 0) is 0 Å². The third-order valence-electron chi connectivity index (χ3n) is 12.0. The van der Waals surface area contributed by atoms with E-state index in [1.54, 1.807) is 0 Å². The van der Waals surface area contributed by atoms with Crippen molar-refractivity contribution in [3.63, 3.8) is 0 Å². The molecule has 0 saturated carbocycles. The maximum Gasteiger partial charge on any atom is 0.164 e. The molecule has 9 aromatic carbocycles. The van der Waals surface area contributed by atoms with Gasteiger partial charge in [0.05, 0.1) is 22.1 Å². The zero-order chi connectivity index (χ0) is 41.0. The number of nitrogens with zero attached hydrogens (tertiary/aromatic N) is 5. The summed E-state index contributed by atoms with van der Waals surface area (Å²) in [6, 6.07) is 79.4. The van der Waals surface area contributed by atoms with E-state index in [1.165, 1.54) is 43.7 Å². The minimum atomic E-state index is 0.629. The fourth-order valence-corrected chi connectivity index (χ4v) is 9.12. The van der Waals surface area contributed by atoms with Crippen molar-refractivity contribution in [3.8, 4) is 67.8 Å². The predicted molar refractivity (Wildman–Crippen MR) is 256 cm³/mol. The highest BCUT2D eigenvalue weighted by atomic mass is 15.0. The molecule has 0 radical (unpaired) electrons. The fourth-order valence-electron chi connectivity index (χ4n) is 9.12. The Hall–Kier alpha value is -8.41. The van der Waals surface area contributed by atoms with Gasteiger partial charge in [-0.15, -0.1) is 0 Å². The summed E-state index contributed by atoms with van der Waals surface area (Å²) in [5.74, 6) is 1.91. The molecule has 0 aliphatic carbocycles. The summed E-state index contributed by atoms with van der Waals surface area (Å²) in [6.07, 6.45) is 0. The van der Waals surface area contributed by atoms with Crippen LogP contribution in [0.1, 0.15) is 0 Å². The predicted octanol–water partition coefficient (Wildman–Crippen LogP) is 14.4. The Bertz CT molecular complexity index is 3550. The van der Waals surface area contributed by atoms with E-state index in [0.29, 0.717) is 17.5 Å². The van der Waals surface area contributed by atoms with Crippen LogP contribution < -0.4 is 0 Å². The molecular formula is C57H37N5. The Labute approximate surface area is 358 Å². The van der Waals surface area contributed by atoms with Gasteiger partial charge >= 0.3 is 0 Å². The lowest BCUT2D eigenvalue weighted by atomic mass is 9.96. The number of hydrogen-bond acceptors (Lipinski definition) is 3. The van der Waals surface area contributed by atoms with Crippen LogP contribution >= 0.6 is 0 Å². The molecule has 0 unspecified atom stereocenters. The lowest BCUT2D eigenvalue weighted by molar-refractivity contribution is 1.07. The van der Waals surface area contributed by atoms with Gasteiger partial charge in [-0.25, -0.2) is 15.0 Å². The molecule has 62 heavy (non-hydrogen) atoms. The third kappa shape index (κ3) is 5.98. The number of hydrogen-bond donors (Lipinski definition) is 0. The third-order valence-corrected chi connectivity index (χ3v) is 12.0. The van der Waals surface area contributed by atoms with Crippen molar-refractivity contribution in [1.82, 2.24) is 24.1 Å². The van der Waals surface area contributed by atoms with Gasteiger partial charge in [-0.05, 0) is 89.0 Å². The molecule has 3 heterocycles. The summed E-state index contributed by atoms with van der Waals surface area (Å²) in [7, 11) is 0. The first kappa shape index (κ1) is 35.5.